The average Bonchev–Trinajstić information content (AvgIpc) is 2.88. The predicted octanol–water partition coefficient (Wildman–Crippen LogP) is 0.600. The molecule has 1 saturated heterocycles. The summed E-state index contributed by atoms with van der Waals surface area (Å²) in [5, 5.41) is 12.5. The highest BCUT2D eigenvalue weighted by Gasteiger charge is 2.44. The second-order valence-electron chi connectivity index (χ2n) is 5.74. The van der Waals surface area contributed by atoms with Gasteiger partial charge in [0.05, 0.1) is 11.7 Å². The monoisotopic (exact) mass is 319 g/mol. The highest BCUT2D eigenvalue weighted by Crippen LogP contribution is 2.47. The Morgan fingerprint density at radius 2 is 2.36 bits per heavy atom. The summed E-state index contributed by atoms with van der Waals surface area (Å²) < 4.78 is 0. The third-order valence-corrected chi connectivity index (χ3v) is 5.53. The van der Waals surface area contributed by atoms with Gasteiger partial charge >= 0.3 is 6.03 Å². The van der Waals surface area contributed by atoms with Gasteiger partial charge in [-0.25, -0.2) is 9.78 Å². The van der Waals surface area contributed by atoms with Crippen molar-refractivity contribution < 1.29 is 9.59 Å². The van der Waals surface area contributed by atoms with E-state index in [1.807, 2.05) is 0 Å². The van der Waals surface area contributed by atoms with Crippen molar-refractivity contribution in [3.63, 3.8) is 0 Å². The number of amides is 3. The van der Waals surface area contributed by atoms with Crippen molar-refractivity contribution >= 4 is 29.4 Å². The van der Waals surface area contributed by atoms with E-state index in [-0.39, 0.29) is 29.3 Å². The van der Waals surface area contributed by atoms with Crippen LogP contribution in [0.5, 0.6) is 0 Å². The molecule has 3 aliphatic rings. The van der Waals surface area contributed by atoms with E-state index in [1.54, 1.807) is 12.3 Å². The number of hydrogen-bond acceptors (Lipinski definition) is 5. The molecule has 3 aliphatic heterocycles. The number of piperidine rings is 1. The maximum atomic E-state index is 12.6. The maximum Gasteiger partial charge on any atom is 0.319 e. The highest BCUT2D eigenvalue weighted by atomic mass is 32.2. The SMILES string of the molecule is O=C1Nc2ccnc3c2C(N1)[C@H](C(=O)NC1CCCNC1)S3. The first-order chi connectivity index (χ1) is 10.7. The van der Waals surface area contributed by atoms with Gasteiger partial charge in [-0.1, -0.05) is 11.8 Å². The number of nitrogens with one attached hydrogen (secondary N) is 4. The number of urea groups is 1. The fourth-order valence-corrected chi connectivity index (χ4v) is 4.45. The first-order valence-corrected chi connectivity index (χ1v) is 8.34. The van der Waals surface area contributed by atoms with Crippen LogP contribution in [-0.2, 0) is 4.79 Å². The summed E-state index contributed by atoms with van der Waals surface area (Å²) in [4.78, 5) is 28.8. The van der Waals surface area contributed by atoms with E-state index in [0.29, 0.717) is 0 Å². The van der Waals surface area contributed by atoms with Crippen molar-refractivity contribution in [2.75, 3.05) is 18.4 Å². The summed E-state index contributed by atoms with van der Waals surface area (Å²) in [7, 11) is 0. The quantitative estimate of drug-likeness (QED) is 0.640. The molecule has 22 heavy (non-hydrogen) atoms. The van der Waals surface area contributed by atoms with E-state index in [0.717, 1.165) is 42.2 Å². The summed E-state index contributed by atoms with van der Waals surface area (Å²) in [6.07, 6.45) is 3.72. The fourth-order valence-electron chi connectivity index (χ4n) is 3.21. The van der Waals surface area contributed by atoms with Crippen LogP contribution in [0.15, 0.2) is 17.3 Å². The molecule has 1 fully saturated rings. The molecular weight excluding hydrogens is 302 g/mol. The summed E-state index contributed by atoms with van der Waals surface area (Å²) >= 11 is 1.42. The van der Waals surface area contributed by atoms with Gasteiger partial charge in [-0.05, 0) is 25.5 Å². The number of carbonyl (C=O) groups is 2. The van der Waals surface area contributed by atoms with Crippen molar-refractivity contribution in [3.05, 3.63) is 17.8 Å². The lowest BCUT2D eigenvalue weighted by atomic mass is 10.0. The molecule has 7 nitrogen and oxygen atoms in total. The van der Waals surface area contributed by atoms with E-state index in [9.17, 15) is 9.59 Å². The van der Waals surface area contributed by atoms with Crippen LogP contribution >= 0.6 is 11.8 Å². The Labute approximate surface area is 132 Å². The minimum Gasteiger partial charge on any atom is -0.351 e. The van der Waals surface area contributed by atoms with Gasteiger partial charge in [0, 0.05) is 24.3 Å². The van der Waals surface area contributed by atoms with Gasteiger partial charge in [-0.15, -0.1) is 0 Å². The molecule has 0 saturated carbocycles. The Bertz CT molecular complexity index is 632. The Balaban J connectivity index is 1.55. The van der Waals surface area contributed by atoms with Gasteiger partial charge in [0.25, 0.3) is 0 Å². The number of thioether (sulfide) groups is 1. The Morgan fingerprint density at radius 3 is 3.18 bits per heavy atom. The van der Waals surface area contributed by atoms with E-state index < -0.39 is 0 Å². The molecule has 2 unspecified atom stereocenters. The van der Waals surface area contributed by atoms with Gasteiger partial charge in [0.1, 0.15) is 10.3 Å². The zero-order chi connectivity index (χ0) is 15.1. The molecule has 1 aromatic rings. The van der Waals surface area contributed by atoms with Gasteiger partial charge < -0.3 is 21.3 Å². The van der Waals surface area contributed by atoms with E-state index >= 15 is 0 Å². The van der Waals surface area contributed by atoms with Gasteiger partial charge in [0.2, 0.25) is 5.91 Å². The van der Waals surface area contributed by atoms with Crippen molar-refractivity contribution in [1.82, 2.24) is 20.9 Å². The first kappa shape index (κ1) is 13.8. The fraction of sp³-hybridized carbons (Fsp3) is 0.500. The largest absolute Gasteiger partial charge is 0.351 e. The lowest BCUT2D eigenvalue weighted by Crippen LogP contribution is -2.51. The third kappa shape index (κ3) is 2.32. The molecule has 0 radical (unpaired) electrons. The molecule has 3 amide bonds. The molecule has 116 valence electrons. The first-order valence-electron chi connectivity index (χ1n) is 7.46. The number of pyridine rings is 1. The molecule has 3 atom stereocenters. The highest BCUT2D eigenvalue weighted by molar-refractivity contribution is 8.01. The van der Waals surface area contributed by atoms with Crippen LogP contribution in [-0.4, -0.2) is 41.3 Å². The summed E-state index contributed by atoms with van der Waals surface area (Å²) in [5.74, 6) is -0.0325. The van der Waals surface area contributed by atoms with E-state index in [4.69, 9.17) is 0 Å². The molecule has 4 N–H and O–H groups in total. The van der Waals surface area contributed by atoms with Crippen LogP contribution in [0.1, 0.15) is 24.4 Å². The van der Waals surface area contributed by atoms with Gasteiger partial charge in [-0.2, -0.15) is 0 Å². The summed E-state index contributed by atoms with van der Waals surface area (Å²) in [6, 6.07) is 1.36. The van der Waals surface area contributed by atoms with Crippen LogP contribution in [0.25, 0.3) is 0 Å². The maximum absolute atomic E-state index is 12.6. The van der Waals surface area contributed by atoms with Crippen LogP contribution in [0.3, 0.4) is 0 Å². The number of aromatic nitrogens is 1. The van der Waals surface area contributed by atoms with Crippen molar-refractivity contribution in [3.8, 4) is 0 Å². The second kappa shape index (κ2) is 5.44. The van der Waals surface area contributed by atoms with Crippen LogP contribution in [0.4, 0.5) is 10.5 Å². The molecule has 1 aromatic heterocycles. The molecule has 4 heterocycles. The zero-order valence-electron chi connectivity index (χ0n) is 11.9. The molecule has 0 aliphatic carbocycles. The minimum atomic E-state index is -0.364. The van der Waals surface area contributed by atoms with E-state index in [2.05, 4.69) is 26.3 Å². The standard InChI is InChI=1S/C14H17N5O2S/c20-12(17-7-2-1-4-15-6-7)11-10-9-8(18-14(21)19-10)3-5-16-13(9)22-11/h3,5,7,10-11,15H,1-2,4,6H2,(H,17,20)(H2,18,19,21)/t7?,10?,11-/m1/s1. The molecule has 8 heteroatoms. The van der Waals surface area contributed by atoms with Crippen molar-refractivity contribution in [2.45, 2.75) is 35.2 Å². The summed E-state index contributed by atoms with van der Waals surface area (Å²) in [6.45, 7) is 1.81. The minimum absolute atomic E-state index is 0.0325. The number of hydrogen-bond donors (Lipinski definition) is 4. The zero-order valence-corrected chi connectivity index (χ0v) is 12.7. The second-order valence-corrected chi connectivity index (χ2v) is 6.87. The van der Waals surface area contributed by atoms with E-state index in [1.165, 1.54) is 11.8 Å². The number of carbonyl (C=O) groups excluding carboxylic acids is 2. The molecular formula is C14H17N5O2S. The molecule has 4 rings (SSSR count). The molecule has 0 aromatic carbocycles. The van der Waals surface area contributed by atoms with Crippen LogP contribution in [0.2, 0.25) is 0 Å². The Hall–Kier alpha value is -1.80. The lowest BCUT2D eigenvalue weighted by Gasteiger charge is -2.29. The van der Waals surface area contributed by atoms with Crippen molar-refractivity contribution in [1.29, 1.82) is 0 Å². The normalized spacial score (nSPS) is 29.3. The topological polar surface area (TPSA) is 95.2 Å². The van der Waals surface area contributed by atoms with Gasteiger partial charge in [0.15, 0.2) is 0 Å². The average molecular weight is 319 g/mol. The molecule has 0 bridgehead atoms. The third-order valence-electron chi connectivity index (χ3n) is 4.24. The number of anilines is 1. The van der Waals surface area contributed by atoms with Gasteiger partial charge in [-0.3, -0.25) is 4.79 Å². The number of nitrogens with zero attached hydrogens (tertiary/aromatic N) is 1. The Morgan fingerprint density at radius 1 is 1.45 bits per heavy atom. The predicted molar refractivity (Wildman–Crippen MR) is 82.8 cm³/mol. The number of rotatable bonds is 2. The van der Waals surface area contributed by atoms with Crippen LogP contribution < -0.4 is 21.3 Å². The lowest BCUT2D eigenvalue weighted by molar-refractivity contribution is -0.121. The molecule has 0 spiro atoms. The van der Waals surface area contributed by atoms with Crippen LogP contribution in [0, 0.1) is 0 Å². The van der Waals surface area contributed by atoms with Crippen molar-refractivity contribution in [2.24, 2.45) is 0 Å². The smallest absolute Gasteiger partial charge is 0.319 e. The Kier molecular flexibility index (Phi) is 3.42. The summed E-state index contributed by atoms with van der Waals surface area (Å²) in [5.41, 5.74) is 1.68.